The lowest BCUT2D eigenvalue weighted by Crippen LogP contribution is -2.76. The minimum atomic E-state index is -1.16. The van der Waals surface area contributed by atoms with Crippen molar-refractivity contribution >= 4 is 0 Å². The second-order valence-electron chi connectivity index (χ2n) is 13.1. The van der Waals surface area contributed by atoms with Crippen molar-refractivity contribution in [2.24, 2.45) is 22.7 Å². The number of rotatable bonds is 9. The molecule has 1 saturated heterocycles. The molecular formula is C26H50O6. The quantitative estimate of drug-likeness (QED) is 0.207. The summed E-state index contributed by atoms with van der Waals surface area (Å²) in [5, 5.41) is 0. The van der Waals surface area contributed by atoms with Crippen LogP contribution in [-0.4, -0.2) is 29.2 Å². The summed E-state index contributed by atoms with van der Waals surface area (Å²) in [6, 6.07) is 0. The van der Waals surface area contributed by atoms with Gasteiger partial charge in [-0.1, -0.05) is 41.0 Å². The Kier molecular flexibility index (Phi) is 8.25. The maximum Gasteiger partial charge on any atom is 0.243 e. The van der Waals surface area contributed by atoms with Gasteiger partial charge in [0.15, 0.2) is 0 Å². The molecule has 1 aliphatic carbocycles. The van der Waals surface area contributed by atoms with E-state index >= 15 is 0 Å². The van der Waals surface area contributed by atoms with Crippen molar-refractivity contribution in [3.05, 3.63) is 0 Å². The van der Waals surface area contributed by atoms with E-state index in [4.69, 9.17) is 29.3 Å². The average Bonchev–Trinajstić information content (AvgIpc) is 2.61. The second-order valence-corrected chi connectivity index (χ2v) is 13.1. The zero-order valence-corrected chi connectivity index (χ0v) is 22.8. The highest BCUT2D eigenvalue weighted by Gasteiger charge is 2.76. The zero-order chi connectivity index (χ0) is 24.6. The third-order valence-electron chi connectivity index (χ3n) is 7.23. The highest BCUT2D eigenvalue weighted by atomic mass is 17.3. The average molecular weight is 459 g/mol. The molecular weight excluding hydrogens is 408 g/mol. The van der Waals surface area contributed by atoms with E-state index in [1.807, 2.05) is 41.5 Å². The molecule has 0 spiro atoms. The molecule has 32 heavy (non-hydrogen) atoms. The minimum absolute atomic E-state index is 0.0306. The van der Waals surface area contributed by atoms with E-state index in [1.165, 1.54) is 0 Å². The molecule has 0 aromatic carbocycles. The van der Waals surface area contributed by atoms with Gasteiger partial charge in [0.1, 0.15) is 12.2 Å². The van der Waals surface area contributed by atoms with Crippen molar-refractivity contribution in [3.8, 4) is 0 Å². The highest BCUT2D eigenvalue weighted by molar-refractivity contribution is 5.16. The van der Waals surface area contributed by atoms with Gasteiger partial charge < -0.3 is 0 Å². The predicted octanol–water partition coefficient (Wildman–Crippen LogP) is 7.17. The molecule has 3 unspecified atom stereocenters. The first kappa shape index (κ1) is 28.0. The zero-order valence-electron chi connectivity index (χ0n) is 22.8. The number of hydrogen-bond donors (Lipinski definition) is 0. The summed E-state index contributed by atoms with van der Waals surface area (Å²) in [4.78, 5) is 36.3. The van der Waals surface area contributed by atoms with Crippen LogP contribution in [0.1, 0.15) is 115 Å². The van der Waals surface area contributed by atoms with Gasteiger partial charge in [-0.2, -0.15) is 9.78 Å². The fourth-order valence-corrected chi connectivity index (χ4v) is 6.33. The standard InChI is InChI=1S/C26H50O6/c1-13-16-23(10,11)20-15-14-17-25(31-28-21(4,5)6,32-29-22(7,8)9)26(20,19(2)3)24(12)18-27-30-24/h19-20H,13-18H2,1-12H3. The molecule has 1 heterocycles. The van der Waals surface area contributed by atoms with Gasteiger partial charge in [-0.15, -0.1) is 0 Å². The molecule has 0 N–H and O–H groups in total. The summed E-state index contributed by atoms with van der Waals surface area (Å²) in [5.41, 5.74) is -2.18. The normalized spacial score (nSPS) is 31.6. The molecule has 6 heteroatoms. The highest BCUT2D eigenvalue weighted by Crippen LogP contribution is 2.68. The lowest BCUT2D eigenvalue weighted by Gasteiger charge is -2.67. The molecule has 2 fully saturated rings. The van der Waals surface area contributed by atoms with Gasteiger partial charge >= 0.3 is 0 Å². The van der Waals surface area contributed by atoms with Crippen molar-refractivity contribution < 1.29 is 29.3 Å². The molecule has 0 amide bonds. The van der Waals surface area contributed by atoms with E-state index in [9.17, 15) is 0 Å². The molecule has 190 valence electrons. The predicted molar refractivity (Wildman–Crippen MR) is 125 cm³/mol. The molecule has 1 saturated carbocycles. The second kappa shape index (κ2) is 9.43. The summed E-state index contributed by atoms with van der Waals surface area (Å²) in [7, 11) is 0. The van der Waals surface area contributed by atoms with E-state index < -0.39 is 28.0 Å². The third-order valence-corrected chi connectivity index (χ3v) is 7.23. The van der Waals surface area contributed by atoms with Gasteiger partial charge in [0, 0.05) is 6.42 Å². The van der Waals surface area contributed by atoms with E-state index in [1.54, 1.807) is 0 Å². The van der Waals surface area contributed by atoms with Crippen LogP contribution in [0, 0.1) is 22.7 Å². The summed E-state index contributed by atoms with van der Waals surface area (Å²) in [6.45, 7) is 26.0. The summed E-state index contributed by atoms with van der Waals surface area (Å²) in [6.07, 6.45) is 4.86. The summed E-state index contributed by atoms with van der Waals surface area (Å²) in [5.74, 6) is -0.775. The molecule has 0 bridgehead atoms. The first-order valence-electron chi connectivity index (χ1n) is 12.5. The smallest absolute Gasteiger partial charge is 0.233 e. The van der Waals surface area contributed by atoms with Gasteiger partial charge in [-0.3, -0.25) is 0 Å². The topological polar surface area (TPSA) is 55.4 Å². The Morgan fingerprint density at radius 2 is 1.44 bits per heavy atom. The van der Waals surface area contributed by atoms with E-state index in [0.717, 1.165) is 25.7 Å². The monoisotopic (exact) mass is 458 g/mol. The molecule has 3 atom stereocenters. The van der Waals surface area contributed by atoms with Gasteiger partial charge in [-0.05, 0) is 85.0 Å². The molecule has 6 nitrogen and oxygen atoms in total. The van der Waals surface area contributed by atoms with Crippen LogP contribution >= 0.6 is 0 Å². The SMILES string of the molecule is CCCC(C)(C)C1CCCC(OOC(C)(C)C)(OOC(C)(C)C)C1(C(C)C)C1(C)COO1. The van der Waals surface area contributed by atoms with Crippen molar-refractivity contribution in [1.82, 2.24) is 0 Å². The van der Waals surface area contributed by atoms with Crippen molar-refractivity contribution in [1.29, 1.82) is 0 Å². The Morgan fingerprint density at radius 3 is 1.78 bits per heavy atom. The Bertz CT molecular complexity index is 593. The van der Waals surface area contributed by atoms with Crippen LogP contribution in [0.3, 0.4) is 0 Å². The van der Waals surface area contributed by atoms with Crippen LogP contribution in [-0.2, 0) is 29.3 Å². The minimum Gasteiger partial charge on any atom is -0.233 e. The van der Waals surface area contributed by atoms with Crippen LogP contribution in [0.15, 0.2) is 0 Å². The first-order chi connectivity index (χ1) is 14.5. The first-order valence-corrected chi connectivity index (χ1v) is 12.5. The Labute approximate surface area is 196 Å². The van der Waals surface area contributed by atoms with Crippen molar-refractivity contribution in [2.75, 3.05) is 6.61 Å². The van der Waals surface area contributed by atoms with Crippen molar-refractivity contribution in [2.45, 2.75) is 138 Å². The third kappa shape index (κ3) is 5.21. The largest absolute Gasteiger partial charge is 0.243 e. The maximum atomic E-state index is 6.45. The van der Waals surface area contributed by atoms with Gasteiger partial charge in [0.25, 0.3) is 0 Å². The maximum absolute atomic E-state index is 6.45. The Hall–Kier alpha value is -0.240. The molecule has 1 aliphatic heterocycles. The Morgan fingerprint density at radius 1 is 0.938 bits per heavy atom. The van der Waals surface area contributed by atoms with Crippen LogP contribution in [0.2, 0.25) is 0 Å². The fourth-order valence-electron chi connectivity index (χ4n) is 6.33. The summed E-state index contributed by atoms with van der Waals surface area (Å²) >= 11 is 0. The van der Waals surface area contributed by atoms with Crippen LogP contribution in [0.4, 0.5) is 0 Å². The van der Waals surface area contributed by atoms with Gasteiger partial charge in [-0.25, -0.2) is 19.6 Å². The molecule has 2 aliphatic rings. The van der Waals surface area contributed by atoms with Crippen LogP contribution < -0.4 is 0 Å². The molecule has 0 radical (unpaired) electrons. The molecule has 2 rings (SSSR count). The van der Waals surface area contributed by atoms with Crippen LogP contribution in [0.5, 0.6) is 0 Å². The lowest BCUT2D eigenvalue weighted by molar-refractivity contribution is -0.611. The molecule has 0 aromatic rings. The summed E-state index contributed by atoms with van der Waals surface area (Å²) < 4.78 is 0. The number of hydrogen-bond acceptors (Lipinski definition) is 6. The lowest BCUT2D eigenvalue weighted by atomic mass is 9.44. The van der Waals surface area contributed by atoms with E-state index in [0.29, 0.717) is 13.0 Å². The Balaban J connectivity index is 2.75. The van der Waals surface area contributed by atoms with Crippen LogP contribution in [0.25, 0.3) is 0 Å². The van der Waals surface area contributed by atoms with Crippen molar-refractivity contribution in [3.63, 3.8) is 0 Å². The van der Waals surface area contributed by atoms with Gasteiger partial charge in [0.05, 0.1) is 16.6 Å². The van der Waals surface area contributed by atoms with E-state index in [2.05, 4.69) is 41.5 Å². The molecule has 0 aromatic heterocycles. The fraction of sp³-hybridized carbons (Fsp3) is 1.00. The van der Waals surface area contributed by atoms with E-state index in [-0.39, 0.29) is 17.3 Å². The van der Waals surface area contributed by atoms with Gasteiger partial charge in [0.2, 0.25) is 5.79 Å².